The van der Waals surface area contributed by atoms with Crippen molar-refractivity contribution in [3.05, 3.63) is 12.7 Å². The average molecular weight is 303 g/mol. The smallest absolute Gasteiger partial charge is 0.165 e. The molecule has 0 spiro atoms. The second-order valence-electron chi connectivity index (χ2n) is 7.14. The van der Waals surface area contributed by atoms with E-state index >= 15 is 0 Å². The Morgan fingerprint density at radius 1 is 1.32 bits per heavy atom. The summed E-state index contributed by atoms with van der Waals surface area (Å²) in [7, 11) is 0. The topological polar surface area (TPSA) is 88.1 Å². The molecule has 1 aliphatic carbocycles. The van der Waals surface area contributed by atoms with Crippen molar-refractivity contribution in [3.8, 4) is 0 Å². The van der Waals surface area contributed by atoms with Gasteiger partial charge in [-0.3, -0.25) is 0 Å². The Kier molecular flexibility index (Phi) is 2.77. The quantitative estimate of drug-likeness (QED) is 0.926. The third-order valence-electron chi connectivity index (χ3n) is 4.86. The first-order chi connectivity index (χ1) is 10.4. The first kappa shape index (κ1) is 13.9. The molecular formula is C15H21N5O2. The molecule has 3 heterocycles. The predicted molar refractivity (Wildman–Crippen MR) is 80.9 cm³/mol. The van der Waals surface area contributed by atoms with E-state index in [9.17, 15) is 0 Å². The van der Waals surface area contributed by atoms with E-state index in [-0.39, 0.29) is 11.5 Å². The van der Waals surface area contributed by atoms with Crippen molar-refractivity contribution in [2.75, 3.05) is 12.3 Å². The van der Waals surface area contributed by atoms with Gasteiger partial charge in [0.2, 0.25) is 0 Å². The lowest BCUT2D eigenvalue weighted by Gasteiger charge is -2.19. The zero-order chi connectivity index (χ0) is 15.5. The number of nitrogens with zero attached hydrogens (tertiary/aromatic N) is 4. The van der Waals surface area contributed by atoms with Crippen LogP contribution in [0.3, 0.4) is 0 Å². The molecule has 22 heavy (non-hydrogen) atoms. The van der Waals surface area contributed by atoms with Crippen LogP contribution in [0.25, 0.3) is 11.2 Å². The predicted octanol–water partition coefficient (Wildman–Crippen LogP) is 1.59. The van der Waals surface area contributed by atoms with Gasteiger partial charge < -0.3 is 19.8 Å². The molecular weight excluding hydrogens is 282 g/mol. The van der Waals surface area contributed by atoms with Gasteiger partial charge in [0.05, 0.1) is 19.0 Å². The van der Waals surface area contributed by atoms with Gasteiger partial charge in [-0.05, 0) is 31.6 Å². The van der Waals surface area contributed by atoms with E-state index in [0.717, 1.165) is 18.6 Å². The molecule has 0 bridgehead atoms. The molecule has 1 saturated heterocycles. The molecule has 2 aliphatic rings. The van der Waals surface area contributed by atoms with Crippen molar-refractivity contribution in [1.29, 1.82) is 0 Å². The number of fused-ring (bicyclic) bond motifs is 1. The number of nitrogen functional groups attached to an aromatic ring is 1. The maximum absolute atomic E-state index is 6.00. The highest BCUT2D eigenvalue weighted by Gasteiger charge is 2.57. The van der Waals surface area contributed by atoms with Crippen LogP contribution in [0.2, 0.25) is 0 Å². The fraction of sp³-hybridized carbons (Fsp3) is 0.667. The second kappa shape index (κ2) is 4.39. The molecule has 0 radical (unpaired) electrons. The van der Waals surface area contributed by atoms with Gasteiger partial charge in [-0.1, -0.05) is 6.92 Å². The maximum Gasteiger partial charge on any atom is 0.165 e. The Balaban J connectivity index is 1.53. The third kappa shape index (κ3) is 2.16. The summed E-state index contributed by atoms with van der Waals surface area (Å²) >= 11 is 0. The fourth-order valence-electron chi connectivity index (χ4n) is 3.52. The van der Waals surface area contributed by atoms with Gasteiger partial charge in [-0.25, -0.2) is 15.0 Å². The second-order valence-corrected chi connectivity index (χ2v) is 7.14. The highest BCUT2D eigenvalue weighted by Crippen LogP contribution is 2.57. The van der Waals surface area contributed by atoms with Crippen molar-refractivity contribution in [2.45, 2.75) is 45.6 Å². The standard InChI is InChI=1S/C15H21N5O2/c1-14(2)21-5-10(22-14)9-4-15(9,3)6-20-8-19-11-12(16)17-7-18-13(11)20/h7-10H,4-6H2,1-3H3,(H2,16,17,18)/t9-,10+,15+/m0/s1. The molecule has 2 aromatic heterocycles. The average Bonchev–Trinajstić information content (AvgIpc) is 2.79. The molecule has 2 fully saturated rings. The van der Waals surface area contributed by atoms with Gasteiger partial charge in [0.1, 0.15) is 11.8 Å². The molecule has 0 unspecified atom stereocenters. The Bertz CT molecular complexity index is 728. The lowest BCUT2D eigenvalue weighted by molar-refractivity contribution is -0.141. The van der Waals surface area contributed by atoms with Crippen LogP contribution in [0.15, 0.2) is 12.7 Å². The Morgan fingerprint density at radius 2 is 2.14 bits per heavy atom. The van der Waals surface area contributed by atoms with Crippen LogP contribution >= 0.6 is 0 Å². The lowest BCUT2D eigenvalue weighted by Crippen LogP contribution is -2.24. The number of hydrogen-bond acceptors (Lipinski definition) is 6. The lowest BCUT2D eigenvalue weighted by atomic mass is 10.0. The van der Waals surface area contributed by atoms with Crippen LogP contribution in [-0.2, 0) is 16.0 Å². The Hall–Kier alpha value is -1.73. The summed E-state index contributed by atoms with van der Waals surface area (Å²) in [5, 5.41) is 0. The van der Waals surface area contributed by atoms with Crippen molar-refractivity contribution >= 4 is 17.0 Å². The van der Waals surface area contributed by atoms with Crippen molar-refractivity contribution in [1.82, 2.24) is 19.5 Å². The first-order valence-electron chi connectivity index (χ1n) is 7.61. The minimum Gasteiger partial charge on any atom is -0.382 e. The molecule has 2 N–H and O–H groups in total. The van der Waals surface area contributed by atoms with Crippen molar-refractivity contribution in [3.63, 3.8) is 0 Å². The minimum absolute atomic E-state index is 0.175. The minimum atomic E-state index is -0.461. The molecule has 0 aromatic carbocycles. The fourth-order valence-corrected chi connectivity index (χ4v) is 3.52. The van der Waals surface area contributed by atoms with Crippen LogP contribution in [-0.4, -0.2) is 38.0 Å². The summed E-state index contributed by atoms with van der Waals surface area (Å²) in [6.45, 7) is 7.74. The summed E-state index contributed by atoms with van der Waals surface area (Å²) < 4.78 is 13.8. The number of aromatic nitrogens is 4. The van der Waals surface area contributed by atoms with E-state index in [1.54, 1.807) is 6.33 Å². The third-order valence-corrected chi connectivity index (χ3v) is 4.86. The van der Waals surface area contributed by atoms with Gasteiger partial charge >= 0.3 is 0 Å². The van der Waals surface area contributed by atoms with Gasteiger partial charge in [-0.2, -0.15) is 0 Å². The van der Waals surface area contributed by atoms with Gasteiger partial charge in [0.15, 0.2) is 17.3 Å². The van der Waals surface area contributed by atoms with E-state index in [1.807, 2.05) is 13.8 Å². The SMILES string of the molecule is CC1(C)OC[C@H]([C@@H]2C[C@]2(C)Cn2cnc3c(N)ncnc32)O1. The number of rotatable bonds is 3. The normalized spacial score (nSPS) is 33.4. The van der Waals surface area contributed by atoms with Gasteiger partial charge in [0, 0.05) is 6.54 Å². The van der Waals surface area contributed by atoms with Crippen LogP contribution in [0.5, 0.6) is 0 Å². The molecule has 7 heteroatoms. The number of hydrogen-bond donors (Lipinski definition) is 1. The zero-order valence-corrected chi connectivity index (χ0v) is 13.1. The molecule has 118 valence electrons. The summed E-state index contributed by atoms with van der Waals surface area (Å²) in [5.74, 6) is 0.471. The van der Waals surface area contributed by atoms with Crippen LogP contribution < -0.4 is 5.73 Å². The monoisotopic (exact) mass is 303 g/mol. The molecule has 1 aliphatic heterocycles. The molecule has 1 saturated carbocycles. The van der Waals surface area contributed by atoms with E-state index in [0.29, 0.717) is 23.9 Å². The van der Waals surface area contributed by atoms with Crippen molar-refractivity contribution < 1.29 is 9.47 Å². The van der Waals surface area contributed by atoms with E-state index in [4.69, 9.17) is 15.2 Å². The van der Waals surface area contributed by atoms with Gasteiger partial charge in [-0.15, -0.1) is 0 Å². The molecule has 7 nitrogen and oxygen atoms in total. The highest BCUT2D eigenvalue weighted by atomic mass is 16.7. The number of nitrogens with two attached hydrogens (primary N) is 1. The molecule has 3 atom stereocenters. The van der Waals surface area contributed by atoms with Crippen LogP contribution in [0, 0.1) is 11.3 Å². The first-order valence-corrected chi connectivity index (χ1v) is 7.61. The van der Waals surface area contributed by atoms with E-state index in [1.165, 1.54) is 6.33 Å². The summed E-state index contributed by atoms with van der Waals surface area (Å²) in [5.41, 5.74) is 7.49. The molecule has 4 rings (SSSR count). The Labute approximate surface area is 128 Å². The van der Waals surface area contributed by atoms with Crippen LogP contribution in [0.4, 0.5) is 5.82 Å². The largest absolute Gasteiger partial charge is 0.382 e. The zero-order valence-electron chi connectivity index (χ0n) is 13.1. The number of ether oxygens (including phenoxy) is 2. The highest BCUT2D eigenvalue weighted by molar-refractivity contribution is 5.81. The number of imidazole rings is 1. The van der Waals surface area contributed by atoms with Crippen molar-refractivity contribution in [2.24, 2.45) is 11.3 Å². The summed E-state index contributed by atoms with van der Waals surface area (Å²) in [6, 6.07) is 0. The summed E-state index contributed by atoms with van der Waals surface area (Å²) in [4.78, 5) is 12.6. The summed E-state index contributed by atoms with van der Waals surface area (Å²) in [6.07, 6.45) is 4.58. The molecule has 0 amide bonds. The van der Waals surface area contributed by atoms with Crippen LogP contribution in [0.1, 0.15) is 27.2 Å². The van der Waals surface area contributed by atoms with E-state index < -0.39 is 5.79 Å². The van der Waals surface area contributed by atoms with Gasteiger partial charge in [0.25, 0.3) is 0 Å². The maximum atomic E-state index is 6.00. The molecule has 2 aromatic rings. The number of anilines is 1. The van der Waals surface area contributed by atoms with E-state index in [2.05, 4.69) is 26.4 Å². The Morgan fingerprint density at radius 3 is 2.86 bits per heavy atom.